The quantitative estimate of drug-likeness (QED) is 0.455. The van der Waals surface area contributed by atoms with Crippen molar-refractivity contribution in [3.63, 3.8) is 0 Å². The van der Waals surface area contributed by atoms with E-state index < -0.39 is 17.7 Å². The van der Waals surface area contributed by atoms with Crippen LogP contribution in [0.1, 0.15) is 13.3 Å². The third-order valence-corrected chi connectivity index (χ3v) is 7.26. The SMILES string of the molecule is C[C@@H]1C(O)C(O)[C@@]2(n3cc(-c4ccccc4)c4c(Nc5ccc(F)cc5)ncnc43)C[C@@H]12. The van der Waals surface area contributed by atoms with Crippen molar-refractivity contribution in [3.05, 3.63) is 72.9 Å². The molecule has 162 valence electrons. The number of hydrogen-bond acceptors (Lipinski definition) is 5. The molecule has 5 atom stereocenters. The van der Waals surface area contributed by atoms with Crippen molar-refractivity contribution < 1.29 is 14.6 Å². The summed E-state index contributed by atoms with van der Waals surface area (Å²) < 4.78 is 15.4. The van der Waals surface area contributed by atoms with Crippen molar-refractivity contribution in [2.75, 3.05) is 5.32 Å². The highest BCUT2D eigenvalue weighted by atomic mass is 19.1. The highest BCUT2D eigenvalue weighted by Crippen LogP contribution is 2.65. The molecule has 2 aromatic carbocycles. The minimum atomic E-state index is -0.856. The first-order valence-electron chi connectivity index (χ1n) is 10.8. The third kappa shape index (κ3) is 2.64. The Balaban J connectivity index is 1.56. The summed E-state index contributed by atoms with van der Waals surface area (Å²) in [5, 5.41) is 25.6. The van der Waals surface area contributed by atoms with Crippen LogP contribution in [0.2, 0.25) is 0 Å². The zero-order chi connectivity index (χ0) is 22.0. The highest BCUT2D eigenvalue weighted by molar-refractivity contribution is 6.02. The van der Waals surface area contributed by atoms with Gasteiger partial charge in [0.25, 0.3) is 0 Å². The van der Waals surface area contributed by atoms with Crippen LogP contribution in [0.5, 0.6) is 0 Å². The molecule has 0 aliphatic heterocycles. The van der Waals surface area contributed by atoms with E-state index in [1.807, 2.05) is 48.0 Å². The standard InChI is InChI=1S/C25H23FN4O2/c1-14-19-11-25(19,22(32)21(14)31)30-12-18(15-5-3-2-4-6-15)20-23(27-13-28-24(20)30)29-17-9-7-16(26)8-10-17/h2-10,12-14,19,21-22,31-32H,11H2,1H3,(H,27,28,29)/t14-,19-,21?,22?,25+/m0/s1. The Bertz CT molecular complexity index is 1310. The molecule has 32 heavy (non-hydrogen) atoms. The zero-order valence-electron chi connectivity index (χ0n) is 17.5. The third-order valence-electron chi connectivity index (χ3n) is 7.26. The van der Waals surface area contributed by atoms with E-state index in [0.717, 1.165) is 22.9 Å². The molecule has 0 radical (unpaired) electrons. The molecule has 2 unspecified atom stereocenters. The van der Waals surface area contributed by atoms with Crippen LogP contribution in [0, 0.1) is 17.7 Å². The van der Waals surface area contributed by atoms with Crippen LogP contribution in [-0.4, -0.2) is 37.0 Å². The molecular formula is C25H23FN4O2. The van der Waals surface area contributed by atoms with E-state index in [9.17, 15) is 14.6 Å². The lowest BCUT2D eigenvalue weighted by atomic mass is 10.0. The van der Waals surface area contributed by atoms with Gasteiger partial charge in [0.05, 0.1) is 17.0 Å². The Hall–Kier alpha value is -3.29. The number of aliphatic hydroxyl groups is 2. The smallest absolute Gasteiger partial charge is 0.146 e. The molecule has 0 amide bonds. The monoisotopic (exact) mass is 430 g/mol. The van der Waals surface area contributed by atoms with Gasteiger partial charge in [0.1, 0.15) is 29.7 Å². The van der Waals surface area contributed by atoms with Crippen molar-refractivity contribution in [1.29, 1.82) is 0 Å². The predicted molar refractivity (Wildman–Crippen MR) is 120 cm³/mol. The Labute approximate surface area is 184 Å². The van der Waals surface area contributed by atoms with Gasteiger partial charge in [-0.05, 0) is 48.1 Å². The van der Waals surface area contributed by atoms with E-state index in [1.54, 1.807) is 12.1 Å². The fourth-order valence-corrected chi connectivity index (χ4v) is 5.50. The molecule has 6 rings (SSSR count). The lowest BCUT2D eigenvalue weighted by Gasteiger charge is -2.24. The number of aromatic nitrogens is 3. The second-order valence-electron chi connectivity index (χ2n) is 8.93. The molecule has 0 saturated heterocycles. The molecule has 2 aliphatic rings. The summed E-state index contributed by atoms with van der Waals surface area (Å²) in [4.78, 5) is 9.10. The van der Waals surface area contributed by atoms with Crippen LogP contribution in [-0.2, 0) is 5.54 Å². The van der Waals surface area contributed by atoms with Gasteiger partial charge < -0.3 is 20.1 Å². The summed E-state index contributed by atoms with van der Waals surface area (Å²) in [6.45, 7) is 1.99. The van der Waals surface area contributed by atoms with Crippen LogP contribution >= 0.6 is 0 Å². The van der Waals surface area contributed by atoms with Crippen molar-refractivity contribution in [2.24, 2.45) is 11.8 Å². The van der Waals surface area contributed by atoms with Crippen molar-refractivity contribution in [2.45, 2.75) is 31.1 Å². The molecule has 2 aromatic heterocycles. The number of aliphatic hydroxyl groups excluding tert-OH is 2. The van der Waals surface area contributed by atoms with E-state index in [-0.39, 0.29) is 17.7 Å². The Morgan fingerprint density at radius 3 is 2.50 bits per heavy atom. The summed E-state index contributed by atoms with van der Waals surface area (Å²) in [6, 6.07) is 16.1. The molecule has 2 fully saturated rings. The zero-order valence-corrected chi connectivity index (χ0v) is 17.5. The maximum Gasteiger partial charge on any atom is 0.146 e. The summed E-state index contributed by atoms with van der Waals surface area (Å²) in [6.07, 6.45) is 2.71. The summed E-state index contributed by atoms with van der Waals surface area (Å²) in [5.41, 5.74) is 2.79. The van der Waals surface area contributed by atoms with Gasteiger partial charge in [-0.2, -0.15) is 0 Å². The average molecular weight is 430 g/mol. The first-order valence-corrected chi connectivity index (χ1v) is 10.8. The van der Waals surface area contributed by atoms with Gasteiger partial charge in [-0.25, -0.2) is 14.4 Å². The Kier molecular flexibility index (Phi) is 4.15. The van der Waals surface area contributed by atoms with Gasteiger partial charge in [0.2, 0.25) is 0 Å². The number of nitrogens with zero attached hydrogens (tertiary/aromatic N) is 3. The van der Waals surface area contributed by atoms with E-state index in [2.05, 4.69) is 15.3 Å². The topological polar surface area (TPSA) is 83.2 Å². The molecule has 3 N–H and O–H groups in total. The number of rotatable bonds is 4. The van der Waals surface area contributed by atoms with Crippen molar-refractivity contribution >= 4 is 22.5 Å². The van der Waals surface area contributed by atoms with Crippen molar-refractivity contribution in [1.82, 2.24) is 14.5 Å². The van der Waals surface area contributed by atoms with E-state index in [1.165, 1.54) is 18.5 Å². The van der Waals surface area contributed by atoms with Crippen LogP contribution in [0.25, 0.3) is 22.2 Å². The fourth-order valence-electron chi connectivity index (χ4n) is 5.50. The van der Waals surface area contributed by atoms with Crippen LogP contribution in [0.4, 0.5) is 15.9 Å². The van der Waals surface area contributed by atoms with Gasteiger partial charge >= 0.3 is 0 Å². The van der Waals surface area contributed by atoms with Crippen LogP contribution < -0.4 is 5.32 Å². The lowest BCUT2D eigenvalue weighted by Crippen LogP contribution is -2.37. The first kappa shape index (κ1) is 19.4. The second kappa shape index (κ2) is 6.85. The summed E-state index contributed by atoms with van der Waals surface area (Å²) in [5.74, 6) is 0.506. The molecule has 2 saturated carbocycles. The lowest BCUT2D eigenvalue weighted by molar-refractivity contribution is -0.0138. The number of halogens is 1. The highest BCUT2D eigenvalue weighted by Gasteiger charge is 2.71. The maximum absolute atomic E-state index is 13.4. The molecule has 4 aromatic rings. The number of nitrogens with one attached hydrogen (secondary N) is 1. The number of hydrogen-bond donors (Lipinski definition) is 3. The van der Waals surface area contributed by atoms with Gasteiger partial charge in [-0.3, -0.25) is 0 Å². The van der Waals surface area contributed by atoms with E-state index in [4.69, 9.17) is 0 Å². The molecule has 2 aliphatic carbocycles. The molecule has 0 spiro atoms. The summed E-state index contributed by atoms with van der Waals surface area (Å²) in [7, 11) is 0. The molecular weight excluding hydrogens is 407 g/mol. The van der Waals surface area contributed by atoms with Gasteiger partial charge in [0.15, 0.2) is 0 Å². The second-order valence-corrected chi connectivity index (χ2v) is 8.93. The van der Waals surface area contributed by atoms with Gasteiger partial charge in [0, 0.05) is 17.4 Å². The van der Waals surface area contributed by atoms with E-state index >= 15 is 0 Å². The van der Waals surface area contributed by atoms with Crippen LogP contribution in [0.15, 0.2) is 67.1 Å². The van der Waals surface area contributed by atoms with Gasteiger partial charge in [-0.1, -0.05) is 37.3 Å². The normalized spacial score (nSPS) is 28.6. The Morgan fingerprint density at radius 2 is 1.81 bits per heavy atom. The molecule has 7 heteroatoms. The molecule has 6 nitrogen and oxygen atoms in total. The largest absolute Gasteiger partial charge is 0.390 e. The molecule has 2 heterocycles. The number of fused-ring (bicyclic) bond motifs is 2. The predicted octanol–water partition coefficient (Wildman–Crippen LogP) is 4.07. The fraction of sp³-hybridized carbons (Fsp3) is 0.280. The maximum atomic E-state index is 13.4. The summed E-state index contributed by atoms with van der Waals surface area (Å²) >= 11 is 0. The number of benzene rings is 2. The minimum absolute atomic E-state index is 0.0151. The number of anilines is 2. The Morgan fingerprint density at radius 1 is 1.06 bits per heavy atom. The van der Waals surface area contributed by atoms with E-state index in [0.29, 0.717) is 17.2 Å². The average Bonchev–Trinajstić information content (AvgIpc) is 3.39. The van der Waals surface area contributed by atoms with Crippen molar-refractivity contribution in [3.8, 4) is 11.1 Å². The van der Waals surface area contributed by atoms with Gasteiger partial charge in [-0.15, -0.1) is 0 Å². The minimum Gasteiger partial charge on any atom is -0.390 e. The first-order chi connectivity index (χ1) is 15.5. The molecule has 0 bridgehead atoms. The van der Waals surface area contributed by atoms with Crippen LogP contribution in [0.3, 0.4) is 0 Å².